The highest BCUT2D eigenvalue weighted by Crippen LogP contribution is 2.15. The van der Waals surface area contributed by atoms with E-state index in [0.29, 0.717) is 19.3 Å². The summed E-state index contributed by atoms with van der Waals surface area (Å²) >= 11 is 0. The quantitative estimate of drug-likeness (QED) is 0.0261. The van der Waals surface area contributed by atoms with Gasteiger partial charge in [0, 0.05) is 19.3 Å². The minimum absolute atomic E-state index is 0.100. The fourth-order valence-corrected chi connectivity index (χ4v) is 8.66. The van der Waals surface area contributed by atoms with Crippen LogP contribution in [0.4, 0.5) is 0 Å². The van der Waals surface area contributed by atoms with E-state index in [-0.39, 0.29) is 37.5 Å². The van der Waals surface area contributed by atoms with Crippen molar-refractivity contribution in [3.05, 3.63) is 158 Å². The summed E-state index contributed by atoms with van der Waals surface area (Å²) in [6.45, 7) is 6.33. The number of hydrogen-bond donors (Lipinski definition) is 0. The van der Waals surface area contributed by atoms with Crippen LogP contribution in [0, 0.1) is 0 Å². The molecule has 0 heterocycles. The molecule has 81 heavy (non-hydrogen) atoms. The van der Waals surface area contributed by atoms with Crippen molar-refractivity contribution >= 4 is 17.9 Å². The van der Waals surface area contributed by atoms with Crippen LogP contribution in [0.15, 0.2) is 158 Å². The average molecular weight is 1120 g/mol. The summed E-state index contributed by atoms with van der Waals surface area (Å²) in [5.74, 6) is -0.954. The Morgan fingerprint density at radius 2 is 0.481 bits per heavy atom. The van der Waals surface area contributed by atoms with Crippen LogP contribution < -0.4 is 0 Å². The highest BCUT2D eigenvalue weighted by molar-refractivity contribution is 5.71. The van der Waals surface area contributed by atoms with Gasteiger partial charge in [-0.1, -0.05) is 288 Å². The Morgan fingerprint density at radius 3 is 0.778 bits per heavy atom. The zero-order chi connectivity index (χ0) is 58.5. The van der Waals surface area contributed by atoms with Gasteiger partial charge in [0.1, 0.15) is 13.2 Å². The monoisotopic (exact) mass is 1120 g/mol. The molecule has 0 aromatic carbocycles. The van der Waals surface area contributed by atoms with Gasteiger partial charge < -0.3 is 14.2 Å². The molecule has 1 atom stereocenters. The summed E-state index contributed by atoms with van der Waals surface area (Å²) in [7, 11) is 0. The molecule has 0 radical (unpaired) electrons. The molecule has 6 heteroatoms. The average Bonchev–Trinajstić information content (AvgIpc) is 3.46. The first-order valence-electron chi connectivity index (χ1n) is 33.0. The lowest BCUT2D eigenvalue weighted by molar-refractivity contribution is -0.167. The highest BCUT2D eigenvalue weighted by atomic mass is 16.6. The Hall–Kier alpha value is -4.97. The summed E-state index contributed by atoms with van der Waals surface area (Å²) in [4.78, 5) is 38.1. The molecule has 0 bridgehead atoms. The summed E-state index contributed by atoms with van der Waals surface area (Å²) < 4.78 is 16.8. The molecule has 0 saturated carbocycles. The molecule has 0 aromatic heterocycles. The molecule has 0 aliphatic carbocycles. The number of hydrogen-bond acceptors (Lipinski definition) is 6. The van der Waals surface area contributed by atoms with E-state index in [1.807, 2.05) is 0 Å². The lowest BCUT2D eigenvalue weighted by Gasteiger charge is -2.18. The molecule has 0 rings (SSSR count). The maximum Gasteiger partial charge on any atom is 0.306 e. The number of rotatable bonds is 58. The first-order valence-corrected chi connectivity index (χ1v) is 33.0. The summed E-state index contributed by atoms with van der Waals surface area (Å²) in [6.07, 6.45) is 98.5. The fraction of sp³-hybridized carbons (Fsp3) is 0.613. The second kappa shape index (κ2) is 67.5. The van der Waals surface area contributed by atoms with Gasteiger partial charge in [-0.05, 0) is 128 Å². The normalized spacial score (nSPS) is 13.2. The van der Waals surface area contributed by atoms with Crippen molar-refractivity contribution in [1.29, 1.82) is 0 Å². The molecule has 0 aliphatic rings. The topological polar surface area (TPSA) is 78.9 Å². The van der Waals surface area contributed by atoms with Gasteiger partial charge in [-0.3, -0.25) is 14.4 Å². The molecule has 456 valence electrons. The first kappa shape index (κ1) is 76.0. The van der Waals surface area contributed by atoms with Gasteiger partial charge in [-0.15, -0.1) is 0 Å². The zero-order valence-corrected chi connectivity index (χ0v) is 52.2. The Bertz CT molecular complexity index is 1810. The standard InChI is InChI=1S/C75H120O6/c1-4-7-10-13-16-18-20-22-24-26-28-30-32-34-36-37-39-40-42-44-46-48-50-52-54-56-59-62-65-68-74(77)80-71-72(70-79-73(76)67-64-61-58-15-12-9-6-3)81-75(78)69-66-63-60-57-55-53-51-49-47-45-43-41-38-35-33-31-29-27-25-23-21-19-17-14-11-8-5-2/h7-8,10-11,16-19,22-25,28-31,34-36,38,43,45,49,51,55,57,72H,4-6,9,12-15,20-21,26-27,32-33,37,39-42,44,46-48,50,52-54,56,58-71H2,1-3H3/b10-7-,11-8-,18-16-,19-17-,24-22-,25-23-,30-28-,31-29-,36-34-,38-35-,45-43-,51-49-,57-55-. The molecule has 0 spiro atoms. The predicted molar refractivity (Wildman–Crippen MR) is 352 cm³/mol. The third kappa shape index (κ3) is 65.7. The smallest absolute Gasteiger partial charge is 0.306 e. The van der Waals surface area contributed by atoms with Gasteiger partial charge in [-0.2, -0.15) is 0 Å². The third-order valence-electron chi connectivity index (χ3n) is 13.5. The maximum atomic E-state index is 12.9. The van der Waals surface area contributed by atoms with E-state index in [0.717, 1.165) is 135 Å². The molecule has 1 unspecified atom stereocenters. The molecular formula is C75H120O6. The Morgan fingerprint density at radius 1 is 0.259 bits per heavy atom. The number of carbonyl (C=O) groups excluding carboxylic acids is 3. The highest BCUT2D eigenvalue weighted by Gasteiger charge is 2.19. The molecule has 0 N–H and O–H groups in total. The van der Waals surface area contributed by atoms with Crippen LogP contribution in [-0.4, -0.2) is 37.2 Å². The number of esters is 3. The van der Waals surface area contributed by atoms with E-state index in [2.05, 4.69) is 179 Å². The summed E-state index contributed by atoms with van der Waals surface area (Å²) in [5, 5.41) is 0. The zero-order valence-electron chi connectivity index (χ0n) is 52.2. The molecule has 0 fully saturated rings. The van der Waals surface area contributed by atoms with Crippen molar-refractivity contribution in [3.8, 4) is 0 Å². The van der Waals surface area contributed by atoms with Crippen molar-refractivity contribution in [3.63, 3.8) is 0 Å². The van der Waals surface area contributed by atoms with Gasteiger partial charge in [0.05, 0.1) is 0 Å². The number of ether oxygens (including phenoxy) is 3. The van der Waals surface area contributed by atoms with Crippen LogP contribution >= 0.6 is 0 Å². The fourth-order valence-electron chi connectivity index (χ4n) is 8.66. The van der Waals surface area contributed by atoms with Gasteiger partial charge >= 0.3 is 17.9 Å². The van der Waals surface area contributed by atoms with Crippen LogP contribution in [0.3, 0.4) is 0 Å². The number of unbranched alkanes of at least 4 members (excludes halogenated alkanes) is 21. The molecular weight excluding hydrogens is 997 g/mol. The largest absolute Gasteiger partial charge is 0.462 e. The SMILES string of the molecule is CC/C=C\C/C=C\C/C=C\C/C=C\C/C=C\C/C=C\C/C=C\C/C=C\CCCCC(=O)OC(COC(=O)CCCCCCCCC)COC(=O)CCCCCCCCCCCCCCC/C=C\C/C=C\C/C=C\C/C=C\C/C=C\CC. The summed E-state index contributed by atoms with van der Waals surface area (Å²) in [5.41, 5.74) is 0. The van der Waals surface area contributed by atoms with Crippen molar-refractivity contribution in [1.82, 2.24) is 0 Å². The molecule has 0 aliphatic heterocycles. The third-order valence-corrected chi connectivity index (χ3v) is 13.5. The lowest BCUT2D eigenvalue weighted by atomic mass is 10.0. The van der Waals surface area contributed by atoms with Crippen molar-refractivity contribution in [2.45, 2.75) is 284 Å². The van der Waals surface area contributed by atoms with Crippen molar-refractivity contribution < 1.29 is 28.6 Å². The number of carbonyl (C=O) groups is 3. The Balaban J connectivity index is 4.23. The van der Waals surface area contributed by atoms with Gasteiger partial charge in [0.25, 0.3) is 0 Å². The maximum absolute atomic E-state index is 12.9. The molecule has 6 nitrogen and oxygen atoms in total. The minimum atomic E-state index is -0.806. The van der Waals surface area contributed by atoms with Crippen LogP contribution in [0.2, 0.25) is 0 Å². The van der Waals surface area contributed by atoms with Gasteiger partial charge in [-0.25, -0.2) is 0 Å². The predicted octanol–water partition coefficient (Wildman–Crippen LogP) is 22.9. The van der Waals surface area contributed by atoms with E-state index in [9.17, 15) is 14.4 Å². The molecule has 0 aromatic rings. The first-order chi connectivity index (χ1) is 40.0. The van der Waals surface area contributed by atoms with E-state index in [1.54, 1.807) is 0 Å². The van der Waals surface area contributed by atoms with E-state index >= 15 is 0 Å². The van der Waals surface area contributed by atoms with Crippen molar-refractivity contribution in [2.75, 3.05) is 13.2 Å². The van der Waals surface area contributed by atoms with Crippen LogP contribution in [-0.2, 0) is 28.6 Å². The molecule has 0 saturated heterocycles. The summed E-state index contributed by atoms with van der Waals surface area (Å²) in [6, 6.07) is 0. The number of allylic oxidation sites excluding steroid dienone is 26. The van der Waals surface area contributed by atoms with E-state index < -0.39 is 6.10 Å². The van der Waals surface area contributed by atoms with Crippen LogP contribution in [0.5, 0.6) is 0 Å². The minimum Gasteiger partial charge on any atom is -0.462 e. The molecule has 0 amide bonds. The van der Waals surface area contributed by atoms with Gasteiger partial charge in [0.2, 0.25) is 0 Å². The van der Waals surface area contributed by atoms with E-state index in [4.69, 9.17) is 14.2 Å². The second-order valence-corrected chi connectivity index (χ2v) is 21.3. The Labute approximate surface area is 499 Å². The van der Waals surface area contributed by atoms with E-state index in [1.165, 1.54) is 96.3 Å². The van der Waals surface area contributed by atoms with Crippen LogP contribution in [0.25, 0.3) is 0 Å². The Kier molecular flexibility index (Phi) is 63.4. The van der Waals surface area contributed by atoms with Crippen LogP contribution in [0.1, 0.15) is 278 Å². The van der Waals surface area contributed by atoms with Crippen molar-refractivity contribution in [2.24, 2.45) is 0 Å². The lowest BCUT2D eigenvalue weighted by Crippen LogP contribution is -2.30. The van der Waals surface area contributed by atoms with Gasteiger partial charge in [0.15, 0.2) is 6.10 Å². The second-order valence-electron chi connectivity index (χ2n) is 21.3.